The van der Waals surface area contributed by atoms with Crippen LogP contribution in [0.2, 0.25) is 0 Å². The van der Waals surface area contributed by atoms with Crippen LogP contribution >= 0.6 is 24.0 Å². The predicted molar refractivity (Wildman–Crippen MR) is 123 cm³/mol. The number of nitrogens with zero attached hydrogens (tertiary/aromatic N) is 6. The van der Waals surface area contributed by atoms with Gasteiger partial charge in [-0.3, -0.25) is 9.89 Å². The van der Waals surface area contributed by atoms with Gasteiger partial charge in [-0.05, 0) is 23.6 Å². The Morgan fingerprint density at radius 2 is 1.68 bits per heavy atom. The van der Waals surface area contributed by atoms with Gasteiger partial charge in [-0.2, -0.15) is 0 Å². The van der Waals surface area contributed by atoms with Crippen molar-refractivity contribution in [2.75, 3.05) is 50.7 Å². The second kappa shape index (κ2) is 10.0. The molecule has 2 aliphatic heterocycles. The van der Waals surface area contributed by atoms with Crippen molar-refractivity contribution in [3.05, 3.63) is 53.9 Å². The van der Waals surface area contributed by atoms with E-state index in [9.17, 15) is 0 Å². The van der Waals surface area contributed by atoms with E-state index >= 15 is 0 Å². The molecular formula is C20H28IN7. The number of hydrogen-bond acceptors (Lipinski definition) is 5. The number of anilines is 1. The summed E-state index contributed by atoms with van der Waals surface area (Å²) in [5.41, 5.74) is 9.16. The van der Waals surface area contributed by atoms with Crippen LogP contribution in [0.1, 0.15) is 11.1 Å². The summed E-state index contributed by atoms with van der Waals surface area (Å²) >= 11 is 0. The lowest BCUT2D eigenvalue weighted by Gasteiger charge is -2.35. The lowest BCUT2D eigenvalue weighted by Crippen LogP contribution is -2.51. The SMILES string of the molecule is I.NC(=NCCN1CCc2ccccc2C1)N1CCN(c2ncccn2)CC1. The molecule has 150 valence electrons. The molecule has 2 N–H and O–H groups in total. The second-order valence-electron chi connectivity index (χ2n) is 7.06. The number of aliphatic imine (C=N–C) groups is 1. The van der Waals surface area contributed by atoms with Gasteiger partial charge in [-0.25, -0.2) is 9.97 Å². The third-order valence-corrected chi connectivity index (χ3v) is 5.34. The van der Waals surface area contributed by atoms with Crippen molar-refractivity contribution in [1.29, 1.82) is 0 Å². The maximum absolute atomic E-state index is 6.23. The van der Waals surface area contributed by atoms with Crippen molar-refractivity contribution in [3.8, 4) is 0 Å². The van der Waals surface area contributed by atoms with Crippen LogP contribution in [0.25, 0.3) is 0 Å². The first-order valence-corrected chi connectivity index (χ1v) is 9.65. The average molecular weight is 493 g/mol. The third kappa shape index (κ3) is 5.11. The van der Waals surface area contributed by atoms with Crippen molar-refractivity contribution in [2.45, 2.75) is 13.0 Å². The highest BCUT2D eigenvalue weighted by Crippen LogP contribution is 2.18. The molecule has 0 aliphatic carbocycles. The summed E-state index contributed by atoms with van der Waals surface area (Å²) < 4.78 is 0. The van der Waals surface area contributed by atoms with E-state index in [-0.39, 0.29) is 24.0 Å². The zero-order valence-corrected chi connectivity index (χ0v) is 18.4. The molecule has 0 atom stereocenters. The van der Waals surface area contributed by atoms with Crippen LogP contribution in [0.4, 0.5) is 5.95 Å². The highest BCUT2D eigenvalue weighted by molar-refractivity contribution is 14.0. The average Bonchev–Trinajstić information content (AvgIpc) is 2.74. The number of rotatable bonds is 4. The highest BCUT2D eigenvalue weighted by atomic mass is 127. The van der Waals surface area contributed by atoms with Crippen LogP contribution in [0.3, 0.4) is 0 Å². The van der Waals surface area contributed by atoms with Crippen molar-refractivity contribution in [3.63, 3.8) is 0 Å². The Morgan fingerprint density at radius 1 is 0.964 bits per heavy atom. The molecule has 28 heavy (non-hydrogen) atoms. The van der Waals surface area contributed by atoms with Crippen molar-refractivity contribution in [1.82, 2.24) is 19.8 Å². The minimum absolute atomic E-state index is 0. The van der Waals surface area contributed by atoms with Crippen LogP contribution in [-0.2, 0) is 13.0 Å². The molecule has 1 saturated heterocycles. The van der Waals surface area contributed by atoms with Crippen LogP contribution in [0.15, 0.2) is 47.7 Å². The first-order valence-electron chi connectivity index (χ1n) is 9.65. The molecule has 1 aromatic heterocycles. The van der Waals surface area contributed by atoms with E-state index in [0.717, 1.165) is 64.7 Å². The molecule has 7 nitrogen and oxygen atoms in total. The zero-order chi connectivity index (χ0) is 18.5. The number of halogens is 1. The Kier molecular flexibility index (Phi) is 7.43. The monoisotopic (exact) mass is 493 g/mol. The molecule has 1 fully saturated rings. The summed E-state index contributed by atoms with van der Waals surface area (Å²) in [7, 11) is 0. The second-order valence-corrected chi connectivity index (χ2v) is 7.06. The van der Waals surface area contributed by atoms with Gasteiger partial charge in [0, 0.05) is 58.2 Å². The van der Waals surface area contributed by atoms with E-state index in [0.29, 0.717) is 5.96 Å². The maximum Gasteiger partial charge on any atom is 0.225 e. The van der Waals surface area contributed by atoms with Crippen LogP contribution in [0.5, 0.6) is 0 Å². The summed E-state index contributed by atoms with van der Waals surface area (Å²) in [6.45, 7) is 7.24. The van der Waals surface area contributed by atoms with E-state index in [1.54, 1.807) is 12.4 Å². The van der Waals surface area contributed by atoms with Crippen molar-refractivity contribution < 1.29 is 0 Å². The molecule has 0 radical (unpaired) electrons. The predicted octanol–water partition coefficient (Wildman–Crippen LogP) is 1.59. The molecular weight excluding hydrogens is 465 g/mol. The van der Waals surface area contributed by atoms with Crippen molar-refractivity contribution >= 4 is 35.9 Å². The lowest BCUT2D eigenvalue weighted by atomic mass is 10.0. The van der Waals surface area contributed by atoms with Gasteiger partial charge in [0.25, 0.3) is 0 Å². The van der Waals surface area contributed by atoms with Gasteiger partial charge in [0.2, 0.25) is 5.95 Å². The van der Waals surface area contributed by atoms with Gasteiger partial charge in [0.1, 0.15) is 0 Å². The maximum atomic E-state index is 6.23. The Hall–Kier alpha value is -1.94. The summed E-state index contributed by atoms with van der Waals surface area (Å²) in [6, 6.07) is 10.6. The van der Waals surface area contributed by atoms with Gasteiger partial charge in [-0.1, -0.05) is 24.3 Å². The van der Waals surface area contributed by atoms with E-state index in [4.69, 9.17) is 5.73 Å². The molecule has 1 aromatic carbocycles. The number of guanidine groups is 1. The normalized spacial score (nSPS) is 17.8. The Morgan fingerprint density at radius 3 is 2.43 bits per heavy atom. The number of aromatic nitrogens is 2. The molecule has 3 heterocycles. The van der Waals surface area contributed by atoms with Crippen molar-refractivity contribution in [2.24, 2.45) is 10.7 Å². The summed E-state index contributed by atoms with van der Waals surface area (Å²) in [6.07, 6.45) is 4.69. The molecule has 0 unspecified atom stereocenters. The smallest absolute Gasteiger partial charge is 0.225 e. The van der Waals surface area contributed by atoms with Gasteiger partial charge in [-0.15, -0.1) is 24.0 Å². The van der Waals surface area contributed by atoms with Crippen LogP contribution in [-0.4, -0.2) is 71.5 Å². The molecule has 4 rings (SSSR count). The fourth-order valence-corrected chi connectivity index (χ4v) is 3.74. The number of fused-ring (bicyclic) bond motifs is 1. The molecule has 2 aliphatic rings. The highest BCUT2D eigenvalue weighted by Gasteiger charge is 2.20. The first-order chi connectivity index (χ1) is 13.3. The fraction of sp³-hybridized carbons (Fsp3) is 0.450. The largest absolute Gasteiger partial charge is 0.370 e. The summed E-state index contributed by atoms with van der Waals surface area (Å²) in [4.78, 5) is 20.1. The number of hydrogen-bond donors (Lipinski definition) is 1. The van der Waals surface area contributed by atoms with Crippen LogP contribution < -0.4 is 10.6 Å². The molecule has 0 amide bonds. The molecule has 0 spiro atoms. The molecule has 8 heteroatoms. The molecule has 0 bridgehead atoms. The molecule has 2 aromatic rings. The summed E-state index contributed by atoms with van der Waals surface area (Å²) in [5.74, 6) is 1.44. The molecule has 0 saturated carbocycles. The minimum Gasteiger partial charge on any atom is -0.370 e. The fourth-order valence-electron chi connectivity index (χ4n) is 3.74. The Labute approximate surface area is 183 Å². The topological polar surface area (TPSA) is 73.9 Å². The summed E-state index contributed by atoms with van der Waals surface area (Å²) in [5, 5.41) is 0. The van der Waals surface area contributed by atoms with E-state index in [1.807, 2.05) is 6.07 Å². The lowest BCUT2D eigenvalue weighted by molar-refractivity contribution is 0.261. The third-order valence-electron chi connectivity index (χ3n) is 5.34. The van der Waals surface area contributed by atoms with Gasteiger partial charge in [0.15, 0.2) is 5.96 Å². The number of piperazine rings is 1. The zero-order valence-electron chi connectivity index (χ0n) is 16.1. The minimum atomic E-state index is 0. The first kappa shape index (κ1) is 20.8. The van der Waals surface area contributed by atoms with Gasteiger partial charge >= 0.3 is 0 Å². The Bertz CT molecular complexity index is 775. The van der Waals surface area contributed by atoms with Crippen LogP contribution in [0, 0.1) is 0 Å². The number of nitrogens with two attached hydrogens (primary N) is 1. The number of benzene rings is 1. The quantitative estimate of drug-likeness (QED) is 0.396. The van der Waals surface area contributed by atoms with E-state index < -0.39 is 0 Å². The van der Waals surface area contributed by atoms with E-state index in [2.05, 4.69) is 53.9 Å². The van der Waals surface area contributed by atoms with Gasteiger partial charge < -0.3 is 15.5 Å². The Balaban J connectivity index is 0.00000225. The van der Waals surface area contributed by atoms with Gasteiger partial charge in [0.05, 0.1) is 6.54 Å². The standard InChI is InChI=1S/C20H27N7.HI/c21-19(26-12-14-27(15-13-26)20-23-7-3-8-24-20)22-9-11-25-10-6-17-4-1-2-5-18(17)16-25;/h1-5,7-8H,6,9-16H2,(H2,21,22);1H. The van der Waals surface area contributed by atoms with E-state index in [1.165, 1.54) is 11.1 Å².